The van der Waals surface area contributed by atoms with Crippen molar-refractivity contribution in [2.75, 3.05) is 36.4 Å². The Morgan fingerprint density at radius 2 is 1.90 bits per heavy atom. The van der Waals surface area contributed by atoms with E-state index in [-0.39, 0.29) is 5.41 Å². The Morgan fingerprint density at radius 1 is 1.03 bits per heavy atom. The summed E-state index contributed by atoms with van der Waals surface area (Å²) in [4.78, 5) is 20.8. The highest BCUT2D eigenvalue weighted by Crippen LogP contribution is 2.51. The molecule has 2 aliphatic heterocycles. The molecule has 6 rings (SSSR count). The summed E-state index contributed by atoms with van der Waals surface area (Å²) in [7, 11) is 0. The van der Waals surface area contributed by atoms with E-state index in [1.165, 1.54) is 37.7 Å². The molecule has 8 nitrogen and oxygen atoms in total. The summed E-state index contributed by atoms with van der Waals surface area (Å²) < 4.78 is 6.03. The first-order chi connectivity index (χ1) is 15.3. The number of aliphatic imine (C=N–C) groups is 1. The Morgan fingerprint density at radius 3 is 2.71 bits per heavy atom. The number of rotatable bonds is 3. The molecule has 3 aromatic rings. The van der Waals surface area contributed by atoms with E-state index in [1.54, 1.807) is 6.20 Å². The van der Waals surface area contributed by atoms with Crippen molar-refractivity contribution in [1.82, 2.24) is 20.3 Å². The van der Waals surface area contributed by atoms with Crippen molar-refractivity contribution >= 4 is 40.7 Å². The number of hydrogen-bond donors (Lipinski definition) is 2. The van der Waals surface area contributed by atoms with Crippen molar-refractivity contribution in [2.24, 2.45) is 4.99 Å². The molecule has 160 valence electrons. The van der Waals surface area contributed by atoms with Crippen LogP contribution in [0.25, 0.3) is 11.1 Å². The molecule has 0 bridgehead atoms. The molecule has 0 unspecified atom stereocenters. The van der Waals surface area contributed by atoms with E-state index in [9.17, 15) is 0 Å². The molecule has 0 atom stereocenters. The van der Waals surface area contributed by atoms with Crippen molar-refractivity contribution in [3.05, 3.63) is 30.1 Å². The van der Waals surface area contributed by atoms with Crippen molar-refractivity contribution in [2.45, 2.75) is 43.9 Å². The van der Waals surface area contributed by atoms with Crippen LogP contribution in [0.15, 0.2) is 33.9 Å². The van der Waals surface area contributed by atoms with Gasteiger partial charge in [0.1, 0.15) is 11.3 Å². The van der Waals surface area contributed by atoms with Gasteiger partial charge in [0.15, 0.2) is 5.58 Å². The molecule has 1 saturated heterocycles. The maximum absolute atomic E-state index is 6.03. The number of anilines is 3. The third-order valence-electron chi connectivity index (χ3n) is 6.91. The average Bonchev–Trinajstić information content (AvgIpc) is 3.20. The predicted octanol–water partition coefficient (Wildman–Crippen LogP) is 4.08. The van der Waals surface area contributed by atoms with E-state index in [0.29, 0.717) is 17.4 Å². The molecule has 5 heterocycles. The van der Waals surface area contributed by atoms with Gasteiger partial charge in [-0.15, -0.1) is 0 Å². The number of nitrogens with zero attached hydrogens (tertiary/aromatic N) is 5. The highest BCUT2D eigenvalue weighted by molar-refractivity contribution is 5.87. The highest BCUT2D eigenvalue weighted by atomic mass is 16.3. The van der Waals surface area contributed by atoms with Gasteiger partial charge in [-0.3, -0.25) is 0 Å². The number of fused-ring (bicyclic) bond motifs is 4. The Hall–Kier alpha value is -3.00. The summed E-state index contributed by atoms with van der Waals surface area (Å²) in [6.45, 7) is 4.02. The molecular weight excluding hydrogens is 390 g/mol. The fraction of sp³-hybridized carbons (Fsp3) is 0.478. The van der Waals surface area contributed by atoms with Crippen molar-refractivity contribution in [3.8, 4) is 0 Å². The van der Waals surface area contributed by atoms with Crippen LogP contribution in [0.4, 0.5) is 23.3 Å². The lowest BCUT2D eigenvalue weighted by molar-refractivity contribution is 0.301. The van der Waals surface area contributed by atoms with Gasteiger partial charge < -0.3 is 20.0 Å². The quantitative estimate of drug-likeness (QED) is 0.663. The second-order valence-electron chi connectivity index (χ2n) is 8.81. The van der Waals surface area contributed by atoms with Crippen LogP contribution in [0.2, 0.25) is 0 Å². The summed E-state index contributed by atoms with van der Waals surface area (Å²) in [6.07, 6.45) is 12.8. The van der Waals surface area contributed by atoms with E-state index in [1.807, 2.05) is 18.5 Å². The van der Waals surface area contributed by atoms with Crippen molar-refractivity contribution < 1.29 is 4.42 Å². The molecule has 2 N–H and O–H groups in total. The molecule has 8 heteroatoms. The van der Waals surface area contributed by atoms with Gasteiger partial charge in [0.25, 0.3) is 0 Å². The monoisotopic (exact) mass is 417 g/mol. The minimum absolute atomic E-state index is 0.107. The highest BCUT2D eigenvalue weighted by Gasteiger charge is 2.41. The van der Waals surface area contributed by atoms with E-state index >= 15 is 0 Å². The van der Waals surface area contributed by atoms with Gasteiger partial charge in [-0.25, -0.2) is 19.9 Å². The zero-order valence-corrected chi connectivity index (χ0v) is 17.6. The number of nitrogens with one attached hydrogen (secondary N) is 2. The summed E-state index contributed by atoms with van der Waals surface area (Å²) in [6, 6.07) is 4.09. The van der Waals surface area contributed by atoms with Crippen LogP contribution in [0.3, 0.4) is 0 Å². The van der Waals surface area contributed by atoms with Gasteiger partial charge in [0.2, 0.25) is 11.8 Å². The molecule has 31 heavy (non-hydrogen) atoms. The lowest BCUT2D eigenvalue weighted by atomic mass is 9.67. The molecule has 3 aromatic heterocycles. The predicted molar refractivity (Wildman–Crippen MR) is 122 cm³/mol. The number of pyridine rings is 1. The topological polar surface area (TPSA) is 91.5 Å². The van der Waals surface area contributed by atoms with Gasteiger partial charge in [0.05, 0.1) is 23.6 Å². The molecule has 1 saturated carbocycles. The number of hydrogen-bond acceptors (Lipinski definition) is 8. The Bertz CT molecular complexity index is 1110. The van der Waals surface area contributed by atoms with Gasteiger partial charge in [-0.2, -0.15) is 0 Å². The van der Waals surface area contributed by atoms with Crippen LogP contribution in [-0.4, -0.2) is 47.3 Å². The zero-order chi connectivity index (χ0) is 20.7. The van der Waals surface area contributed by atoms with Gasteiger partial charge in [0, 0.05) is 37.8 Å². The average molecular weight is 418 g/mol. The van der Waals surface area contributed by atoms with Crippen LogP contribution in [-0.2, 0) is 5.41 Å². The third kappa shape index (κ3) is 3.35. The third-order valence-corrected chi connectivity index (χ3v) is 6.91. The Balaban J connectivity index is 1.29. The second kappa shape index (κ2) is 7.60. The van der Waals surface area contributed by atoms with E-state index in [2.05, 4.69) is 36.6 Å². The van der Waals surface area contributed by atoms with E-state index < -0.39 is 0 Å². The number of piperazine rings is 1. The van der Waals surface area contributed by atoms with Crippen LogP contribution in [0.5, 0.6) is 0 Å². The van der Waals surface area contributed by atoms with Crippen molar-refractivity contribution in [1.29, 1.82) is 0 Å². The first kappa shape index (κ1) is 18.7. The van der Waals surface area contributed by atoms with Crippen LogP contribution in [0.1, 0.15) is 44.1 Å². The largest absolute Gasteiger partial charge is 0.435 e. The maximum atomic E-state index is 6.03. The summed E-state index contributed by atoms with van der Waals surface area (Å²) in [5.41, 5.74) is 4.03. The maximum Gasteiger partial charge on any atom is 0.229 e. The Kier molecular flexibility index (Phi) is 4.60. The molecule has 0 amide bonds. The molecule has 1 aliphatic carbocycles. The normalized spacial score (nSPS) is 20.2. The Labute approximate surface area is 181 Å². The minimum atomic E-state index is 0.107. The second-order valence-corrected chi connectivity index (χ2v) is 8.81. The SMILES string of the molecule is C1=Nc2oc3cnc(Nc4ccc(N5CCNCC5)cn4)nc3c2C2(C1)CCCCC2. The summed E-state index contributed by atoms with van der Waals surface area (Å²) in [5.74, 6) is 1.99. The van der Waals surface area contributed by atoms with Gasteiger partial charge in [-0.05, 0) is 31.4 Å². The fourth-order valence-corrected chi connectivity index (χ4v) is 5.28. The van der Waals surface area contributed by atoms with Crippen LogP contribution < -0.4 is 15.5 Å². The fourth-order valence-electron chi connectivity index (χ4n) is 5.28. The first-order valence-corrected chi connectivity index (χ1v) is 11.3. The van der Waals surface area contributed by atoms with Crippen LogP contribution >= 0.6 is 0 Å². The first-order valence-electron chi connectivity index (χ1n) is 11.3. The lowest BCUT2D eigenvalue weighted by Crippen LogP contribution is -2.43. The summed E-state index contributed by atoms with van der Waals surface area (Å²) in [5, 5.41) is 6.65. The summed E-state index contributed by atoms with van der Waals surface area (Å²) >= 11 is 0. The standard InChI is InChI=1S/C23H27N7O/c1-2-6-23(7-3-1)8-9-25-21-19(23)20-17(31-21)15-27-22(29-20)28-18-5-4-16(14-26-18)30-12-10-24-11-13-30/h4-5,9,14-15,24H,1-3,6-8,10-13H2,(H,26,27,28,29). The van der Waals surface area contributed by atoms with Crippen molar-refractivity contribution in [3.63, 3.8) is 0 Å². The van der Waals surface area contributed by atoms with Gasteiger partial charge >= 0.3 is 0 Å². The van der Waals surface area contributed by atoms with E-state index in [4.69, 9.17) is 9.40 Å². The smallest absolute Gasteiger partial charge is 0.229 e. The molecule has 0 radical (unpaired) electrons. The van der Waals surface area contributed by atoms with Crippen LogP contribution in [0, 0.1) is 0 Å². The van der Waals surface area contributed by atoms with Gasteiger partial charge in [-0.1, -0.05) is 19.3 Å². The lowest BCUT2D eigenvalue weighted by Gasteiger charge is -2.37. The molecular formula is C23H27N7O. The zero-order valence-electron chi connectivity index (χ0n) is 17.6. The molecule has 2 fully saturated rings. The number of aromatic nitrogens is 3. The molecule has 3 aliphatic rings. The molecule has 0 aromatic carbocycles. The minimum Gasteiger partial charge on any atom is -0.435 e. The molecule has 1 spiro atoms. The van der Waals surface area contributed by atoms with E-state index in [0.717, 1.165) is 49.6 Å². The number of furan rings is 1.